The molecule has 0 aliphatic carbocycles. The first-order valence-corrected chi connectivity index (χ1v) is 6.94. The van der Waals surface area contributed by atoms with Crippen LogP contribution in [-0.2, 0) is 6.42 Å². The summed E-state index contributed by atoms with van der Waals surface area (Å²) in [5.74, 6) is 0.676. The molecule has 0 spiro atoms. The molecule has 0 saturated heterocycles. The van der Waals surface area contributed by atoms with Gasteiger partial charge in [0.25, 0.3) is 0 Å². The third-order valence-corrected chi connectivity index (χ3v) is 3.45. The summed E-state index contributed by atoms with van der Waals surface area (Å²) in [6.07, 6.45) is 4.60. The zero-order valence-corrected chi connectivity index (χ0v) is 12.3. The summed E-state index contributed by atoms with van der Waals surface area (Å²) in [5.41, 5.74) is 4.02. The van der Waals surface area contributed by atoms with E-state index >= 15 is 0 Å². The van der Waals surface area contributed by atoms with Gasteiger partial charge in [-0.05, 0) is 58.6 Å². The number of fused-ring (bicyclic) bond motifs is 1. The minimum atomic E-state index is 0.676. The van der Waals surface area contributed by atoms with E-state index in [4.69, 9.17) is 0 Å². The predicted octanol–water partition coefficient (Wildman–Crippen LogP) is 3.42. The highest BCUT2D eigenvalue weighted by molar-refractivity contribution is 9.10. The van der Waals surface area contributed by atoms with Gasteiger partial charge in [-0.1, -0.05) is 6.92 Å². The summed E-state index contributed by atoms with van der Waals surface area (Å²) in [6.45, 7) is 4.15. The van der Waals surface area contributed by atoms with E-state index in [0.29, 0.717) is 5.82 Å². The Balaban J connectivity index is 2.18. The number of halogens is 1. The molecule has 4 nitrogen and oxygen atoms in total. The van der Waals surface area contributed by atoms with Crippen LogP contribution in [0.25, 0.3) is 17.2 Å². The van der Waals surface area contributed by atoms with E-state index in [2.05, 4.69) is 44.0 Å². The van der Waals surface area contributed by atoms with Crippen LogP contribution in [0.5, 0.6) is 0 Å². The highest BCUT2D eigenvalue weighted by atomic mass is 79.9. The Morgan fingerprint density at radius 2 is 2.16 bits per heavy atom. The van der Waals surface area contributed by atoms with Gasteiger partial charge < -0.3 is 0 Å². The first kappa shape index (κ1) is 12.3. The number of hydrogen-bond acceptors (Lipinski definition) is 3. The molecule has 0 unspecified atom stereocenters. The standard InChI is InChI=1S/C14H13BrN4/c1-3-10-7-11(15)8-16-13(10)14-17-12-6-9(2)4-5-19(12)18-14/h4-8H,3H2,1-2H3. The molecule has 0 aliphatic rings. The second-order valence-corrected chi connectivity index (χ2v) is 5.37. The van der Waals surface area contributed by atoms with Crippen molar-refractivity contribution in [1.82, 2.24) is 19.6 Å². The molecule has 3 rings (SSSR count). The SMILES string of the molecule is CCc1cc(Br)cnc1-c1nc2cc(C)ccn2n1. The van der Waals surface area contributed by atoms with E-state index in [1.807, 2.05) is 25.3 Å². The molecule has 19 heavy (non-hydrogen) atoms. The van der Waals surface area contributed by atoms with Gasteiger partial charge in [-0.3, -0.25) is 4.98 Å². The van der Waals surface area contributed by atoms with Crippen LogP contribution in [0.15, 0.2) is 35.1 Å². The Hall–Kier alpha value is -1.75. The fourth-order valence-corrected chi connectivity index (χ4v) is 2.41. The maximum absolute atomic E-state index is 4.56. The smallest absolute Gasteiger partial charge is 0.201 e. The van der Waals surface area contributed by atoms with Crippen LogP contribution < -0.4 is 0 Å². The largest absolute Gasteiger partial charge is 0.251 e. The topological polar surface area (TPSA) is 43.1 Å². The first-order chi connectivity index (χ1) is 9.17. The lowest BCUT2D eigenvalue weighted by Gasteiger charge is -2.03. The molecule has 0 fully saturated rings. The van der Waals surface area contributed by atoms with Crippen LogP contribution in [0.2, 0.25) is 0 Å². The van der Waals surface area contributed by atoms with Crippen molar-refractivity contribution in [3.05, 3.63) is 46.2 Å². The molecular formula is C14H13BrN4. The molecular weight excluding hydrogens is 304 g/mol. The van der Waals surface area contributed by atoms with Crippen molar-refractivity contribution in [3.63, 3.8) is 0 Å². The Kier molecular flexibility index (Phi) is 3.06. The lowest BCUT2D eigenvalue weighted by atomic mass is 10.1. The van der Waals surface area contributed by atoms with Crippen LogP contribution >= 0.6 is 15.9 Å². The molecule has 0 aliphatic heterocycles. The van der Waals surface area contributed by atoms with Gasteiger partial charge in [0.2, 0.25) is 5.82 Å². The lowest BCUT2D eigenvalue weighted by Crippen LogP contribution is -1.94. The van der Waals surface area contributed by atoms with Gasteiger partial charge in [0.05, 0.1) is 0 Å². The van der Waals surface area contributed by atoms with Gasteiger partial charge in [0.15, 0.2) is 5.65 Å². The normalized spacial score (nSPS) is 11.1. The van der Waals surface area contributed by atoms with E-state index in [9.17, 15) is 0 Å². The van der Waals surface area contributed by atoms with E-state index < -0.39 is 0 Å². The molecule has 0 bridgehead atoms. The van der Waals surface area contributed by atoms with Crippen molar-refractivity contribution in [1.29, 1.82) is 0 Å². The van der Waals surface area contributed by atoms with Crippen LogP contribution in [0, 0.1) is 6.92 Å². The van der Waals surface area contributed by atoms with Gasteiger partial charge in [0.1, 0.15) is 5.69 Å². The average molecular weight is 317 g/mol. The van der Waals surface area contributed by atoms with Crippen molar-refractivity contribution in [3.8, 4) is 11.5 Å². The number of aryl methyl sites for hydroxylation is 2. The van der Waals surface area contributed by atoms with Gasteiger partial charge in [-0.2, -0.15) is 0 Å². The third kappa shape index (κ3) is 2.26. The van der Waals surface area contributed by atoms with Crippen molar-refractivity contribution in [2.45, 2.75) is 20.3 Å². The van der Waals surface area contributed by atoms with Crippen LogP contribution in [0.1, 0.15) is 18.1 Å². The highest BCUT2D eigenvalue weighted by Crippen LogP contribution is 2.22. The fraction of sp³-hybridized carbons (Fsp3) is 0.214. The van der Waals surface area contributed by atoms with E-state index in [0.717, 1.165) is 27.8 Å². The van der Waals surface area contributed by atoms with Crippen molar-refractivity contribution in [2.75, 3.05) is 0 Å². The molecule has 0 saturated carbocycles. The first-order valence-electron chi connectivity index (χ1n) is 6.15. The maximum atomic E-state index is 4.56. The summed E-state index contributed by atoms with van der Waals surface area (Å²) < 4.78 is 2.76. The number of rotatable bonds is 2. The van der Waals surface area contributed by atoms with Gasteiger partial charge >= 0.3 is 0 Å². The number of aromatic nitrogens is 4. The second kappa shape index (κ2) is 4.74. The minimum absolute atomic E-state index is 0.676. The molecule has 3 aromatic rings. The fourth-order valence-electron chi connectivity index (χ4n) is 2.04. The van der Waals surface area contributed by atoms with Crippen LogP contribution in [0.3, 0.4) is 0 Å². The summed E-state index contributed by atoms with van der Waals surface area (Å²) in [5, 5.41) is 4.49. The summed E-state index contributed by atoms with van der Waals surface area (Å²) in [4.78, 5) is 9.01. The summed E-state index contributed by atoms with van der Waals surface area (Å²) >= 11 is 3.45. The quantitative estimate of drug-likeness (QED) is 0.727. The highest BCUT2D eigenvalue weighted by Gasteiger charge is 2.12. The van der Waals surface area contributed by atoms with Gasteiger partial charge in [-0.15, -0.1) is 5.10 Å². The Morgan fingerprint density at radius 3 is 2.95 bits per heavy atom. The Morgan fingerprint density at radius 1 is 1.32 bits per heavy atom. The summed E-state index contributed by atoms with van der Waals surface area (Å²) in [6, 6.07) is 6.10. The van der Waals surface area contributed by atoms with E-state index in [1.54, 1.807) is 10.7 Å². The van der Waals surface area contributed by atoms with Crippen molar-refractivity contribution < 1.29 is 0 Å². The van der Waals surface area contributed by atoms with E-state index in [1.165, 1.54) is 5.56 Å². The predicted molar refractivity (Wildman–Crippen MR) is 78.0 cm³/mol. The zero-order valence-electron chi connectivity index (χ0n) is 10.8. The molecule has 0 amide bonds. The Bertz CT molecular complexity index is 748. The van der Waals surface area contributed by atoms with Crippen molar-refractivity contribution in [2.24, 2.45) is 0 Å². The third-order valence-electron chi connectivity index (χ3n) is 3.02. The summed E-state index contributed by atoms with van der Waals surface area (Å²) in [7, 11) is 0. The molecule has 0 N–H and O–H groups in total. The molecule has 0 atom stereocenters. The van der Waals surface area contributed by atoms with E-state index in [-0.39, 0.29) is 0 Å². The number of pyridine rings is 2. The number of nitrogens with zero attached hydrogens (tertiary/aromatic N) is 4. The van der Waals surface area contributed by atoms with Crippen LogP contribution in [-0.4, -0.2) is 19.6 Å². The molecule has 3 heterocycles. The molecule has 5 heteroatoms. The minimum Gasteiger partial charge on any atom is -0.251 e. The molecule has 96 valence electrons. The maximum Gasteiger partial charge on any atom is 0.201 e. The van der Waals surface area contributed by atoms with Crippen LogP contribution in [0.4, 0.5) is 0 Å². The van der Waals surface area contributed by atoms with Gasteiger partial charge in [0, 0.05) is 16.9 Å². The van der Waals surface area contributed by atoms with Crippen molar-refractivity contribution >= 4 is 21.6 Å². The second-order valence-electron chi connectivity index (χ2n) is 4.46. The van der Waals surface area contributed by atoms with Gasteiger partial charge in [-0.25, -0.2) is 9.50 Å². The number of hydrogen-bond donors (Lipinski definition) is 0. The molecule has 0 aromatic carbocycles. The molecule has 3 aromatic heterocycles. The monoisotopic (exact) mass is 316 g/mol. The average Bonchev–Trinajstić information content (AvgIpc) is 2.81. The zero-order chi connectivity index (χ0) is 13.4. The Labute approximate surface area is 119 Å². The molecule has 0 radical (unpaired) electrons. The lowest BCUT2D eigenvalue weighted by molar-refractivity contribution is 0.954.